The van der Waals surface area contributed by atoms with Gasteiger partial charge in [-0.05, 0) is 43.5 Å². The smallest absolute Gasteiger partial charge is 0.335 e. The zero-order valence-corrected chi connectivity index (χ0v) is 17.7. The lowest BCUT2D eigenvalue weighted by Crippen LogP contribution is -2.02. The second-order valence-electron chi connectivity index (χ2n) is 7.17. The topological polar surface area (TPSA) is 75.6 Å². The van der Waals surface area contributed by atoms with E-state index in [1.165, 1.54) is 45.6 Å². The third-order valence-corrected chi connectivity index (χ3v) is 4.72. The summed E-state index contributed by atoms with van der Waals surface area (Å²) in [5, 5.41) is 12.1. The number of anilines is 1. The highest BCUT2D eigenvalue weighted by molar-refractivity contribution is 5.87. The van der Waals surface area contributed by atoms with E-state index in [9.17, 15) is 9.59 Å². The van der Waals surface area contributed by atoms with Gasteiger partial charge in [0.25, 0.3) is 0 Å². The molecule has 0 unspecified atom stereocenters. The molecule has 0 spiro atoms. The van der Waals surface area contributed by atoms with Crippen molar-refractivity contribution in [3.63, 3.8) is 0 Å². The summed E-state index contributed by atoms with van der Waals surface area (Å²) in [5.74, 6) is 5.48. The first kappa shape index (κ1) is 24.6. The summed E-state index contributed by atoms with van der Waals surface area (Å²) >= 11 is 0. The van der Waals surface area contributed by atoms with Gasteiger partial charge in [-0.15, -0.1) is 11.8 Å². The molecule has 29 heavy (non-hydrogen) atoms. The van der Waals surface area contributed by atoms with Crippen LogP contribution in [0.25, 0.3) is 0 Å². The van der Waals surface area contributed by atoms with Crippen molar-refractivity contribution >= 4 is 17.6 Å². The standard InChI is InChI=1S/C24H35NO4/c1-29-23(26)15-13-11-9-7-5-3-2-4-6-8-10-12-14-20-25-22-18-16-21(17-19-22)24(27)28/h16-19,25H,2-7,9,11-15,20H2,1H3,(H,27,28). The van der Waals surface area contributed by atoms with Crippen LogP contribution in [-0.4, -0.2) is 30.7 Å². The molecule has 0 aliphatic carbocycles. The summed E-state index contributed by atoms with van der Waals surface area (Å²) in [6.45, 7) is 0.834. The van der Waals surface area contributed by atoms with Gasteiger partial charge in [-0.1, -0.05) is 38.5 Å². The number of aromatic carboxylic acids is 1. The Morgan fingerprint density at radius 3 is 2.00 bits per heavy atom. The molecule has 0 radical (unpaired) electrons. The maximum atomic E-state index is 11.0. The lowest BCUT2D eigenvalue weighted by Gasteiger charge is -2.05. The molecule has 0 aliphatic heterocycles. The summed E-state index contributed by atoms with van der Waals surface area (Å²) in [6.07, 6.45) is 12.8. The van der Waals surface area contributed by atoms with Crippen molar-refractivity contribution in [1.82, 2.24) is 0 Å². The average Bonchev–Trinajstić information content (AvgIpc) is 2.73. The van der Waals surface area contributed by atoms with E-state index in [0.29, 0.717) is 12.0 Å². The van der Waals surface area contributed by atoms with Gasteiger partial charge < -0.3 is 15.2 Å². The fourth-order valence-corrected chi connectivity index (χ4v) is 2.96. The van der Waals surface area contributed by atoms with Crippen molar-refractivity contribution in [2.24, 2.45) is 0 Å². The number of hydrogen-bond acceptors (Lipinski definition) is 4. The lowest BCUT2D eigenvalue weighted by atomic mass is 10.1. The van der Waals surface area contributed by atoms with Crippen LogP contribution >= 0.6 is 0 Å². The van der Waals surface area contributed by atoms with Gasteiger partial charge in [0.05, 0.1) is 12.7 Å². The maximum Gasteiger partial charge on any atom is 0.335 e. The molecule has 0 saturated carbocycles. The fourth-order valence-electron chi connectivity index (χ4n) is 2.96. The Morgan fingerprint density at radius 1 is 0.862 bits per heavy atom. The SMILES string of the molecule is COC(=O)CCCCCCCCCCC#CCCCNc1ccc(C(=O)O)cc1. The molecular weight excluding hydrogens is 366 g/mol. The van der Waals surface area contributed by atoms with E-state index in [4.69, 9.17) is 5.11 Å². The van der Waals surface area contributed by atoms with Gasteiger partial charge in [0.15, 0.2) is 0 Å². The summed E-state index contributed by atoms with van der Waals surface area (Å²) in [4.78, 5) is 21.8. The maximum absolute atomic E-state index is 11.0. The second-order valence-corrected chi connectivity index (χ2v) is 7.17. The Kier molecular flexibility index (Phi) is 13.9. The monoisotopic (exact) mass is 401 g/mol. The van der Waals surface area contributed by atoms with Gasteiger partial charge >= 0.3 is 11.9 Å². The molecule has 0 aliphatic rings. The summed E-state index contributed by atoms with van der Waals surface area (Å²) < 4.78 is 4.63. The number of unbranched alkanes of at least 4 members (excludes halogenated alkanes) is 9. The van der Waals surface area contributed by atoms with E-state index >= 15 is 0 Å². The molecule has 1 aromatic rings. The molecule has 0 aromatic heterocycles. The van der Waals surface area contributed by atoms with Crippen LogP contribution in [0, 0.1) is 11.8 Å². The number of carboxylic acids is 1. The minimum Gasteiger partial charge on any atom is -0.478 e. The highest BCUT2D eigenvalue weighted by Gasteiger charge is 2.01. The normalized spacial score (nSPS) is 10.1. The van der Waals surface area contributed by atoms with E-state index in [1.54, 1.807) is 24.3 Å². The van der Waals surface area contributed by atoms with Crippen LogP contribution in [0.5, 0.6) is 0 Å². The van der Waals surface area contributed by atoms with Crippen molar-refractivity contribution in [2.45, 2.75) is 77.0 Å². The summed E-state index contributed by atoms with van der Waals surface area (Å²) in [7, 11) is 1.44. The van der Waals surface area contributed by atoms with E-state index < -0.39 is 5.97 Å². The van der Waals surface area contributed by atoms with Crippen LogP contribution in [0.15, 0.2) is 24.3 Å². The minimum absolute atomic E-state index is 0.102. The second kappa shape index (κ2) is 16.5. The number of esters is 1. The van der Waals surface area contributed by atoms with E-state index in [0.717, 1.165) is 44.3 Å². The number of methoxy groups -OCH3 is 1. The predicted molar refractivity (Wildman–Crippen MR) is 117 cm³/mol. The first-order chi connectivity index (χ1) is 14.1. The number of nitrogens with one attached hydrogen (secondary N) is 1. The van der Waals surface area contributed by atoms with Crippen LogP contribution in [-0.2, 0) is 9.53 Å². The molecule has 1 aromatic carbocycles. The van der Waals surface area contributed by atoms with Crippen LogP contribution in [0.4, 0.5) is 5.69 Å². The van der Waals surface area contributed by atoms with Crippen molar-refractivity contribution in [3.8, 4) is 11.8 Å². The van der Waals surface area contributed by atoms with Crippen LogP contribution in [0.2, 0.25) is 0 Å². The van der Waals surface area contributed by atoms with Crippen molar-refractivity contribution in [1.29, 1.82) is 0 Å². The third kappa shape index (κ3) is 13.3. The largest absolute Gasteiger partial charge is 0.478 e. The first-order valence-electron chi connectivity index (χ1n) is 10.7. The van der Waals surface area contributed by atoms with E-state index in [-0.39, 0.29) is 5.97 Å². The Balaban J connectivity index is 1.88. The Labute approximate surface area is 175 Å². The van der Waals surface area contributed by atoms with Crippen LogP contribution in [0.1, 0.15) is 87.4 Å². The zero-order valence-electron chi connectivity index (χ0n) is 17.7. The summed E-state index contributed by atoms with van der Waals surface area (Å²) in [5.41, 5.74) is 1.24. The predicted octanol–water partition coefficient (Wildman–Crippen LogP) is 5.65. The number of hydrogen-bond donors (Lipinski definition) is 2. The van der Waals surface area contributed by atoms with Gasteiger partial charge in [-0.2, -0.15) is 0 Å². The van der Waals surface area contributed by atoms with Gasteiger partial charge in [-0.3, -0.25) is 4.79 Å². The van der Waals surface area contributed by atoms with E-state index in [1.807, 2.05) is 0 Å². The molecule has 160 valence electrons. The molecule has 0 fully saturated rings. The average molecular weight is 402 g/mol. The Morgan fingerprint density at radius 2 is 1.41 bits per heavy atom. The van der Waals surface area contributed by atoms with Gasteiger partial charge in [0.1, 0.15) is 0 Å². The quantitative estimate of drug-likeness (QED) is 0.225. The van der Waals surface area contributed by atoms with E-state index in [2.05, 4.69) is 21.9 Å². The zero-order chi connectivity index (χ0) is 21.2. The van der Waals surface area contributed by atoms with Crippen molar-refractivity contribution in [3.05, 3.63) is 29.8 Å². The Hall–Kier alpha value is -2.48. The molecule has 5 nitrogen and oxygen atoms in total. The molecule has 0 bridgehead atoms. The molecule has 0 heterocycles. The molecule has 1 rings (SSSR count). The minimum atomic E-state index is -0.903. The van der Waals surface area contributed by atoms with Crippen LogP contribution < -0.4 is 5.32 Å². The number of rotatable bonds is 15. The number of ether oxygens (including phenoxy) is 1. The molecular formula is C24H35NO4. The summed E-state index contributed by atoms with van der Waals surface area (Å²) in [6, 6.07) is 6.79. The molecule has 5 heteroatoms. The van der Waals surface area contributed by atoms with Gasteiger partial charge in [0.2, 0.25) is 0 Å². The Bertz CT molecular complexity index is 643. The van der Waals surface area contributed by atoms with Crippen molar-refractivity contribution < 1.29 is 19.4 Å². The number of benzene rings is 1. The number of carbonyl (C=O) groups is 2. The highest BCUT2D eigenvalue weighted by atomic mass is 16.5. The molecule has 0 saturated heterocycles. The molecule has 2 N–H and O–H groups in total. The highest BCUT2D eigenvalue weighted by Crippen LogP contribution is 2.11. The fraction of sp³-hybridized carbons (Fsp3) is 0.583. The number of carboxylic acid groups (broad SMARTS) is 1. The van der Waals surface area contributed by atoms with Gasteiger partial charge in [0, 0.05) is 31.5 Å². The molecule has 0 amide bonds. The first-order valence-corrected chi connectivity index (χ1v) is 10.7. The lowest BCUT2D eigenvalue weighted by molar-refractivity contribution is -0.140. The van der Waals surface area contributed by atoms with Crippen LogP contribution in [0.3, 0.4) is 0 Å². The molecule has 0 atom stereocenters. The number of carbonyl (C=O) groups excluding carboxylic acids is 1. The van der Waals surface area contributed by atoms with Crippen molar-refractivity contribution in [2.75, 3.05) is 19.0 Å². The van der Waals surface area contributed by atoms with Gasteiger partial charge in [-0.25, -0.2) is 4.79 Å². The third-order valence-electron chi connectivity index (χ3n) is 4.72.